The van der Waals surface area contributed by atoms with Gasteiger partial charge in [0.1, 0.15) is 0 Å². The van der Waals surface area contributed by atoms with Crippen molar-refractivity contribution in [1.82, 2.24) is 4.90 Å². The average molecular weight is 293 g/mol. The molecule has 0 aliphatic carbocycles. The highest BCUT2D eigenvalue weighted by Gasteiger charge is 2.05. The molecule has 0 amide bonds. The van der Waals surface area contributed by atoms with Gasteiger partial charge in [0, 0.05) is 0 Å². The second kappa shape index (κ2) is 11.7. The monoisotopic (exact) mass is 293 g/mol. The summed E-state index contributed by atoms with van der Waals surface area (Å²) in [7, 11) is -1.78. The Hall–Kier alpha value is -0.130. The number of hydrogen-bond donors (Lipinski definition) is 1. The summed E-state index contributed by atoms with van der Waals surface area (Å²) in [4.78, 5) is 2.14. The van der Waals surface area contributed by atoms with Crippen molar-refractivity contribution in [2.45, 2.75) is 64.7 Å². The fraction of sp³-hybridized carbons (Fsp3) is 1.00. The second-order valence-electron chi connectivity index (χ2n) is 5.42. The second-order valence-corrected chi connectivity index (χ2v) is 6.99. The van der Waals surface area contributed by atoms with Crippen LogP contribution in [0.2, 0.25) is 0 Å². The largest absolute Gasteiger partial charge is 0.306 e. The lowest BCUT2D eigenvalue weighted by atomic mass is 10.1. The summed E-state index contributed by atoms with van der Waals surface area (Å²) in [6, 6.07) is 0. The molecule has 0 unspecified atom stereocenters. The number of hydrogen-bond acceptors (Lipinski definition) is 3. The van der Waals surface area contributed by atoms with Crippen LogP contribution in [-0.4, -0.2) is 43.8 Å². The van der Waals surface area contributed by atoms with Crippen LogP contribution in [0.1, 0.15) is 64.7 Å². The highest BCUT2D eigenvalue weighted by atomic mass is 32.2. The van der Waals surface area contributed by atoms with E-state index in [2.05, 4.69) is 11.8 Å². The van der Waals surface area contributed by atoms with E-state index in [-0.39, 0.29) is 5.75 Å². The van der Waals surface area contributed by atoms with Crippen molar-refractivity contribution in [3.8, 4) is 0 Å². The van der Waals surface area contributed by atoms with Crippen LogP contribution in [0.3, 0.4) is 0 Å². The summed E-state index contributed by atoms with van der Waals surface area (Å²) < 4.78 is 29.7. The van der Waals surface area contributed by atoms with Crippen molar-refractivity contribution in [2.24, 2.45) is 0 Å². The lowest BCUT2D eigenvalue weighted by Gasteiger charge is -2.15. The van der Waals surface area contributed by atoms with Crippen molar-refractivity contribution in [2.75, 3.05) is 25.9 Å². The molecule has 0 aliphatic rings. The van der Waals surface area contributed by atoms with Gasteiger partial charge >= 0.3 is 0 Å². The molecule has 4 nitrogen and oxygen atoms in total. The van der Waals surface area contributed by atoms with E-state index in [0.29, 0.717) is 6.42 Å². The molecule has 19 heavy (non-hydrogen) atoms. The van der Waals surface area contributed by atoms with Crippen LogP contribution in [0.4, 0.5) is 0 Å². The molecule has 5 heteroatoms. The summed E-state index contributed by atoms with van der Waals surface area (Å²) in [5, 5.41) is 0. The van der Waals surface area contributed by atoms with Crippen molar-refractivity contribution < 1.29 is 13.0 Å². The lowest BCUT2D eigenvalue weighted by molar-refractivity contribution is 0.323. The maximum atomic E-state index is 10.6. The summed E-state index contributed by atoms with van der Waals surface area (Å²) in [5.74, 6) is -0.130. The fourth-order valence-electron chi connectivity index (χ4n) is 2.14. The Morgan fingerprint density at radius 1 is 0.842 bits per heavy atom. The molecule has 116 valence electrons. The first-order valence-electron chi connectivity index (χ1n) is 7.59. The Bertz CT molecular complexity index is 291. The standard InChI is InChI=1S/C14H31NO3S/c1-3-4-5-6-7-8-9-10-12-15(2)13-11-14-19(16,17)18/h3-14H2,1-2H3,(H,16,17,18). The molecule has 0 rings (SSSR count). The highest BCUT2D eigenvalue weighted by molar-refractivity contribution is 7.85. The zero-order chi connectivity index (χ0) is 14.6. The quantitative estimate of drug-likeness (QED) is 0.418. The Morgan fingerprint density at radius 3 is 1.84 bits per heavy atom. The molecule has 0 aromatic rings. The maximum absolute atomic E-state index is 10.6. The normalized spacial score (nSPS) is 12.2. The van der Waals surface area contributed by atoms with Crippen LogP contribution in [0.5, 0.6) is 0 Å². The predicted molar refractivity (Wildman–Crippen MR) is 81.1 cm³/mol. The average Bonchev–Trinajstić information content (AvgIpc) is 2.31. The van der Waals surface area contributed by atoms with Gasteiger partial charge in [0.2, 0.25) is 0 Å². The summed E-state index contributed by atoms with van der Waals surface area (Å²) in [5.41, 5.74) is 0. The van der Waals surface area contributed by atoms with Crippen molar-refractivity contribution in [1.29, 1.82) is 0 Å². The zero-order valence-electron chi connectivity index (χ0n) is 12.6. The van der Waals surface area contributed by atoms with Gasteiger partial charge in [0.05, 0.1) is 5.75 Å². The minimum absolute atomic E-state index is 0.130. The number of unbranched alkanes of at least 4 members (excludes halogenated alkanes) is 7. The number of nitrogens with zero attached hydrogens (tertiary/aromatic N) is 1. The van der Waals surface area contributed by atoms with E-state index in [1.54, 1.807) is 0 Å². The number of rotatable bonds is 13. The Labute approximate surface area is 119 Å². The van der Waals surface area contributed by atoms with E-state index in [0.717, 1.165) is 13.1 Å². The minimum Gasteiger partial charge on any atom is -0.306 e. The van der Waals surface area contributed by atoms with Gasteiger partial charge in [-0.3, -0.25) is 4.55 Å². The van der Waals surface area contributed by atoms with E-state index < -0.39 is 10.1 Å². The van der Waals surface area contributed by atoms with Gasteiger partial charge in [0.15, 0.2) is 0 Å². The molecule has 0 aliphatic heterocycles. The summed E-state index contributed by atoms with van der Waals surface area (Å²) in [6.45, 7) is 3.98. The van der Waals surface area contributed by atoms with Crippen molar-refractivity contribution in [3.05, 3.63) is 0 Å². The van der Waals surface area contributed by atoms with Crippen LogP contribution in [0.25, 0.3) is 0 Å². The Balaban J connectivity index is 3.27. The SMILES string of the molecule is CCCCCCCCCCN(C)CCCS(=O)(=O)O. The van der Waals surface area contributed by atoms with Crippen LogP contribution in [-0.2, 0) is 10.1 Å². The Morgan fingerprint density at radius 2 is 1.32 bits per heavy atom. The third-order valence-corrected chi connectivity index (χ3v) is 4.14. The van der Waals surface area contributed by atoms with E-state index >= 15 is 0 Å². The Kier molecular flexibility index (Phi) is 11.6. The van der Waals surface area contributed by atoms with Gasteiger partial charge < -0.3 is 4.90 Å². The lowest BCUT2D eigenvalue weighted by Crippen LogP contribution is -2.22. The molecule has 0 atom stereocenters. The van der Waals surface area contributed by atoms with Crippen LogP contribution >= 0.6 is 0 Å². The smallest absolute Gasteiger partial charge is 0.264 e. The summed E-state index contributed by atoms with van der Waals surface area (Å²) >= 11 is 0. The van der Waals surface area contributed by atoms with Gasteiger partial charge in [-0.1, -0.05) is 51.9 Å². The van der Waals surface area contributed by atoms with Gasteiger partial charge in [-0.15, -0.1) is 0 Å². The fourth-order valence-corrected chi connectivity index (χ4v) is 2.64. The summed E-state index contributed by atoms with van der Waals surface area (Å²) in [6.07, 6.45) is 11.0. The molecule has 0 saturated heterocycles. The topological polar surface area (TPSA) is 57.6 Å². The van der Waals surface area contributed by atoms with E-state index in [1.165, 1.54) is 51.4 Å². The third kappa shape index (κ3) is 15.8. The van der Waals surface area contributed by atoms with Crippen LogP contribution < -0.4 is 0 Å². The van der Waals surface area contributed by atoms with Crippen molar-refractivity contribution >= 4 is 10.1 Å². The maximum Gasteiger partial charge on any atom is 0.264 e. The van der Waals surface area contributed by atoms with Gasteiger partial charge in [-0.25, -0.2) is 0 Å². The molecule has 0 radical (unpaired) electrons. The molecular formula is C14H31NO3S. The third-order valence-electron chi connectivity index (χ3n) is 3.34. The molecule has 1 N–H and O–H groups in total. The van der Waals surface area contributed by atoms with Gasteiger partial charge in [-0.05, 0) is 33.0 Å². The van der Waals surface area contributed by atoms with E-state index in [9.17, 15) is 8.42 Å². The van der Waals surface area contributed by atoms with Crippen molar-refractivity contribution in [3.63, 3.8) is 0 Å². The predicted octanol–water partition coefficient (Wildman–Crippen LogP) is 3.34. The first-order chi connectivity index (χ1) is 8.95. The van der Waals surface area contributed by atoms with Crippen LogP contribution in [0.15, 0.2) is 0 Å². The minimum atomic E-state index is -3.79. The van der Waals surface area contributed by atoms with Gasteiger partial charge in [0.25, 0.3) is 10.1 Å². The highest BCUT2D eigenvalue weighted by Crippen LogP contribution is 2.08. The molecule has 0 fully saturated rings. The molecule has 0 heterocycles. The molecular weight excluding hydrogens is 262 g/mol. The van der Waals surface area contributed by atoms with E-state index in [4.69, 9.17) is 4.55 Å². The molecule has 0 bridgehead atoms. The molecule has 0 spiro atoms. The first-order valence-corrected chi connectivity index (χ1v) is 9.20. The first kappa shape index (κ1) is 18.9. The molecule has 0 saturated carbocycles. The zero-order valence-corrected chi connectivity index (χ0v) is 13.4. The molecule has 0 aromatic carbocycles. The van der Waals surface area contributed by atoms with Crippen LogP contribution in [0, 0.1) is 0 Å². The van der Waals surface area contributed by atoms with Gasteiger partial charge in [-0.2, -0.15) is 8.42 Å². The van der Waals surface area contributed by atoms with E-state index in [1.807, 2.05) is 7.05 Å². The molecule has 0 aromatic heterocycles.